The van der Waals surface area contributed by atoms with Gasteiger partial charge in [-0.3, -0.25) is 0 Å². The molecule has 0 spiro atoms. The van der Waals surface area contributed by atoms with Crippen molar-refractivity contribution in [3.63, 3.8) is 0 Å². The minimum atomic E-state index is 0.363. The van der Waals surface area contributed by atoms with Crippen LogP contribution in [-0.4, -0.2) is 39.4 Å². The number of benzene rings is 3. The van der Waals surface area contributed by atoms with E-state index in [0.29, 0.717) is 6.10 Å². The molecule has 2 aliphatic rings. The molecule has 4 nitrogen and oxygen atoms in total. The van der Waals surface area contributed by atoms with E-state index in [-0.39, 0.29) is 0 Å². The van der Waals surface area contributed by atoms with Gasteiger partial charge in [0.2, 0.25) is 0 Å². The minimum Gasteiger partial charge on any atom is -0.493 e. The average molecular weight is 419 g/mol. The van der Waals surface area contributed by atoms with Gasteiger partial charge in [-0.15, -0.1) is 0 Å². The number of nitrogens with zero attached hydrogens (tertiary/aromatic N) is 1. The summed E-state index contributed by atoms with van der Waals surface area (Å²) in [5.41, 5.74) is 2.59. The molecule has 3 aromatic carbocycles. The number of fused-ring (bicyclic) bond motifs is 1. The molecule has 0 bridgehead atoms. The van der Waals surface area contributed by atoms with E-state index < -0.39 is 0 Å². The lowest BCUT2D eigenvalue weighted by Crippen LogP contribution is -2.43. The predicted molar refractivity (Wildman–Crippen MR) is 130 cm³/mol. The summed E-state index contributed by atoms with van der Waals surface area (Å²) in [6.45, 7) is 6.34. The summed E-state index contributed by atoms with van der Waals surface area (Å²) in [6, 6.07) is 21.1. The van der Waals surface area contributed by atoms with E-state index in [1.54, 1.807) is 7.11 Å². The highest BCUT2D eigenvalue weighted by atomic mass is 16.5. The first-order valence-electron chi connectivity index (χ1n) is 11.5. The molecule has 31 heavy (non-hydrogen) atoms. The maximum absolute atomic E-state index is 6.16. The minimum absolute atomic E-state index is 0.363. The van der Waals surface area contributed by atoms with Gasteiger partial charge in [-0.2, -0.15) is 0 Å². The molecule has 1 saturated heterocycles. The highest BCUT2D eigenvalue weighted by Crippen LogP contribution is 2.35. The van der Waals surface area contributed by atoms with Crippen molar-refractivity contribution in [2.75, 3.05) is 38.2 Å². The second-order valence-electron chi connectivity index (χ2n) is 8.39. The zero-order valence-corrected chi connectivity index (χ0v) is 18.8. The Hall–Kier alpha value is -2.72. The fraction of sp³-hybridized carbons (Fsp3) is 0.407. The quantitative estimate of drug-likeness (QED) is 0.600. The molecular formula is C27H34N2O2. The van der Waals surface area contributed by atoms with Crippen molar-refractivity contribution >= 4 is 16.5 Å². The largest absolute Gasteiger partial charge is 0.493 e. The van der Waals surface area contributed by atoms with Gasteiger partial charge in [0, 0.05) is 37.9 Å². The maximum Gasteiger partial charge on any atom is 0.163 e. The molecule has 1 heterocycles. The standard InChI is InChI=1S/C16H24N2O2.C11H10/c1-19-15-7-6-13(18-10-8-17-9-11-18)12-16(15)20-14-4-2-3-5-14;1-9-5-4-7-10-6-2-3-8-11(9)10/h6-7,12,14,17H,2-5,8-11H2,1H3;2-8H,1H3. The Balaban J connectivity index is 0.000000177. The first-order valence-corrected chi connectivity index (χ1v) is 11.5. The van der Waals surface area contributed by atoms with E-state index in [4.69, 9.17) is 9.47 Å². The summed E-state index contributed by atoms with van der Waals surface area (Å²) in [7, 11) is 1.71. The number of rotatable bonds is 4. The lowest BCUT2D eigenvalue weighted by atomic mass is 10.1. The lowest BCUT2D eigenvalue weighted by Gasteiger charge is -2.30. The number of aryl methyl sites for hydroxylation is 1. The number of hydrogen-bond acceptors (Lipinski definition) is 4. The van der Waals surface area contributed by atoms with Gasteiger partial charge in [-0.25, -0.2) is 0 Å². The van der Waals surface area contributed by atoms with Crippen molar-refractivity contribution in [1.82, 2.24) is 5.32 Å². The Morgan fingerprint density at radius 2 is 1.61 bits per heavy atom. The van der Waals surface area contributed by atoms with E-state index in [0.717, 1.165) is 37.7 Å². The predicted octanol–water partition coefficient (Wildman–Crippen LogP) is 5.57. The van der Waals surface area contributed by atoms with Crippen LogP contribution in [0.15, 0.2) is 60.7 Å². The van der Waals surface area contributed by atoms with Gasteiger partial charge in [0.1, 0.15) is 0 Å². The monoisotopic (exact) mass is 418 g/mol. The normalized spacial score (nSPS) is 16.6. The molecule has 1 aliphatic heterocycles. The summed E-state index contributed by atoms with van der Waals surface area (Å²) in [5, 5.41) is 6.07. The van der Waals surface area contributed by atoms with E-state index in [9.17, 15) is 0 Å². The van der Waals surface area contributed by atoms with Crippen molar-refractivity contribution in [3.8, 4) is 11.5 Å². The first-order chi connectivity index (χ1) is 15.2. The van der Waals surface area contributed by atoms with Crippen LogP contribution in [0.3, 0.4) is 0 Å². The van der Waals surface area contributed by atoms with Gasteiger partial charge >= 0.3 is 0 Å². The highest BCUT2D eigenvalue weighted by molar-refractivity contribution is 5.85. The number of hydrogen-bond donors (Lipinski definition) is 1. The molecule has 0 aromatic heterocycles. The molecule has 0 unspecified atom stereocenters. The summed E-state index contributed by atoms with van der Waals surface area (Å²) < 4.78 is 11.6. The van der Waals surface area contributed by atoms with Crippen LogP contribution in [0, 0.1) is 6.92 Å². The molecular weight excluding hydrogens is 384 g/mol. The average Bonchev–Trinajstić information content (AvgIpc) is 3.34. The number of anilines is 1. The smallest absolute Gasteiger partial charge is 0.163 e. The number of piperazine rings is 1. The van der Waals surface area contributed by atoms with Gasteiger partial charge in [0.25, 0.3) is 0 Å². The van der Waals surface area contributed by atoms with Crippen molar-refractivity contribution < 1.29 is 9.47 Å². The van der Waals surface area contributed by atoms with Gasteiger partial charge in [-0.1, -0.05) is 42.5 Å². The first kappa shape index (κ1) is 21.5. The van der Waals surface area contributed by atoms with Crippen LogP contribution in [0.5, 0.6) is 11.5 Å². The number of nitrogens with one attached hydrogen (secondary N) is 1. The summed E-state index contributed by atoms with van der Waals surface area (Å²) in [4.78, 5) is 2.40. The SMILES string of the molecule is COc1ccc(N2CCNCC2)cc1OC1CCCC1.Cc1cccc2ccccc12. The zero-order valence-electron chi connectivity index (χ0n) is 18.8. The third-order valence-corrected chi connectivity index (χ3v) is 6.23. The molecule has 2 fully saturated rings. The van der Waals surface area contributed by atoms with Crippen LogP contribution in [0.4, 0.5) is 5.69 Å². The Kier molecular flexibility index (Phi) is 7.31. The van der Waals surface area contributed by atoms with Gasteiger partial charge in [-0.05, 0) is 61.1 Å². The van der Waals surface area contributed by atoms with E-state index in [1.807, 2.05) is 6.07 Å². The summed E-state index contributed by atoms with van der Waals surface area (Å²) in [5.74, 6) is 1.74. The van der Waals surface area contributed by atoms with Crippen LogP contribution in [0.25, 0.3) is 10.8 Å². The molecule has 164 valence electrons. The fourth-order valence-electron chi connectivity index (χ4n) is 4.45. The number of methoxy groups -OCH3 is 1. The summed E-state index contributed by atoms with van der Waals surface area (Å²) >= 11 is 0. The van der Waals surface area contributed by atoms with Crippen LogP contribution in [-0.2, 0) is 0 Å². The van der Waals surface area contributed by atoms with Crippen LogP contribution in [0.2, 0.25) is 0 Å². The number of ether oxygens (including phenoxy) is 2. The molecule has 1 N–H and O–H groups in total. The fourth-order valence-corrected chi connectivity index (χ4v) is 4.45. The lowest BCUT2D eigenvalue weighted by molar-refractivity contribution is 0.201. The molecule has 1 aliphatic carbocycles. The highest BCUT2D eigenvalue weighted by Gasteiger charge is 2.20. The van der Waals surface area contributed by atoms with E-state index >= 15 is 0 Å². The van der Waals surface area contributed by atoms with Gasteiger partial charge < -0.3 is 19.7 Å². The van der Waals surface area contributed by atoms with Crippen LogP contribution >= 0.6 is 0 Å². The molecule has 1 saturated carbocycles. The van der Waals surface area contributed by atoms with E-state index in [1.165, 1.54) is 47.7 Å². The van der Waals surface area contributed by atoms with Crippen molar-refractivity contribution in [3.05, 3.63) is 66.2 Å². The molecule has 4 heteroatoms. The van der Waals surface area contributed by atoms with Crippen molar-refractivity contribution in [1.29, 1.82) is 0 Å². The maximum atomic E-state index is 6.16. The second kappa shape index (κ2) is 10.5. The van der Waals surface area contributed by atoms with Crippen LogP contribution in [0.1, 0.15) is 31.2 Å². The Morgan fingerprint density at radius 1 is 0.871 bits per heavy atom. The van der Waals surface area contributed by atoms with E-state index in [2.05, 4.69) is 71.7 Å². The Bertz CT molecular complexity index is 971. The van der Waals surface area contributed by atoms with Gasteiger partial charge in [0.05, 0.1) is 13.2 Å². The topological polar surface area (TPSA) is 33.7 Å². The zero-order chi connectivity index (χ0) is 21.5. The summed E-state index contributed by atoms with van der Waals surface area (Å²) in [6.07, 6.45) is 5.26. The van der Waals surface area contributed by atoms with Crippen molar-refractivity contribution in [2.45, 2.75) is 38.7 Å². The van der Waals surface area contributed by atoms with Crippen LogP contribution < -0.4 is 19.7 Å². The second-order valence-corrected chi connectivity index (χ2v) is 8.39. The Morgan fingerprint density at radius 3 is 2.35 bits per heavy atom. The van der Waals surface area contributed by atoms with Crippen molar-refractivity contribution in [2.24, 2.45) is 0 Å². The van der Waals surface area contributed by atoms with Gasteiger partial charge in [0.15, 0.2) is 11.5 Å². The molecule has 0 atom stereocenters. The third-order valence-electron chi connectivity index (χ3n) is 6.23. The molecule has 3 aromatic rings. The molecule has 0 radical (unpaired) electrons. The third kappa shape index (κ3) is 5.50. The molecule has 5 rings (SSSR count). The Labute approximate surface area is 186 Å². The molecule has 0 amide bonds.